The number of benzene rings is 1. The van der Waals surface area contributed by atoms with E-state index in [-0.39, 0.29) is 0 Å². The number of rotatable bonds is 10. The van der Waals surface area contributed by atoms with Crippen molar-refractivity contribution in [3.63, 3.8) is 0 Å². The molecule has 2 rings (SSSR count). The van der Waals surface area contributed by atoms with E-state index in [4.69, 9.17) is 4.74 Å². The van der Waals surface area contributed by atoms with Crippen molar-refractivity contribution in [1.29, 1.82) is 0 Å². The van der Waals surface area contributed by atoms with Crippen molar-refractivity contribution in [1.82, 2.24) is 10.2 Å². The molecule has 0 unspecified atom stereocenters. The Balaban J connectivity index is 1.73. The Bertz CT molecular complexity index is 415. The van der Waals surface area contributed by atoms with Crippen molar-refractivity contribution in [2.24, 2.45) is 11.8 Å². The Hall–Kier alpha value is -1.06. The van der Waals surface area contributed by atoms with Gasteiger partial charge in [0.1, 0.15) is 12.4 Å². The predicted octanol–water partition coefficient (Wildman–Crippen LogP) is 3.15. The molecule has 1 aliphatic carbocycles. The summed E-state index contributed by atoms with van der Waals surface area (Å²) in [6, 6.07) is 8.36. The molecular weight excluding hydrogens is 260 g/mol. The van der Waals surface area contributed by atoms with Gasteiger partial charge in [0.2, 0.25) is 0 Å². The standard InChI is InChI=1S/C18H30N2O/c1-15(2)12-19-13-17-6-4-5-7-18(17)21-11-10-20(3)14-16-8-9-16/h4-7,15-16,19H,8-14H2,1-3H3. The van der Waals surface area contributed by atoms with Crippen LogP contribution >= 0.6 is 0 Å². The number of para-hydroxylation sites is 1. The molecule has 1 aliphatic rings. The van der Waals surface area contributed by atoms with E-state index in [9.17, 15) is 0 Å². The maximum atomic E-state index is 5.99. The van der Waals surface area contributed by atoms with E-state index in [1.54, 1.807) is 0 Å². The Kier molecular flexibility index (Phi) is 6.52. The van der Waals surface area contributed by atoms with Gasteiger partial charge in [0.15, 0.2) is 0 Å². The summed E-state index contributed by atoms with van der Waals surface area (Å²) in [7, 11) is 2.19. The zero-order chi connectivity index (χ0) is 15.1. The number of ether oxygens (including phenoxy) is 1. The zero-order valence-electron chi connectivity index (χ0n) is 13.8. The molecule has 1 saturated carbocycles. The van der Waals surface area contributed by atoms with Crippen molar-refractivity contribution in [2.75, 3.05) is 33.3 Å². The molecule has 0 atom stereocenters. The number of likely N-dealkylation sites (N-methyl/N-ethyl adjacent to an activating group) is 1. The Morgan fingerprint density at radius 1 is 1.29 bits per heavy atom. The third kappa shape index (κ3) is 6.49. The molecule has 1 fully saturated rings. The summed E-state index contributed by atoms with van der Waals surface area (Å²) >= 11 is 0. The van der Waals surface area contributed by atoms with Gasteiger partial charge in [-0.05, 0) is 44.3 Å². The van der Waals surface area contributed by atoms with Crippen molar-refractivity contribution in [2.45, 2.75) is 33.2 Å². The van der Waals surface area contributed by atoms with Gasteiger partial charge in [-0.15, -0.1) is 0 Å². The lowest BCUT2D eigenvalue weighted by Crippen LogP contribution is -2.26. The lowest BCUT2D eigenvalue weighted by atomic mass is 10.2. The van der Waals surface area contributed by atoms with Crippen LogP contribution in [0.15, 0.2) is 24.3 Å². The van der Waals surface area contributed by atoms with Crippen LogP contribution in [-0.4, -0.2) is 38.2 Å². The molecule has 1 N–H and O–H groups in total. The minimum absolute atomic E-state index is 0.675. The van der Waals surface area contributed by atoms with E-state index in [1.165, 1.54) is 24.9 Å². The highest BCUT2D eigenvalue weighted by molar-refractivity contribution is 5.33. The van der Waals surface area contributed by atoms with E-state index in [1.807, 2.05) is 0 Å². The third-order valence-electron chi connectivity index (χ3n) is 3.84. The van der Waals surface area contributed by atoms with Crippen LogP contribution in [0, 0.1) is 11.8 Å². The normalized spacial score (nSPS) is 14.9. The highest BCUT2D eigenvalue weighted by atomic mass is 16.5. The third-order valence-corrected chi connectivity index (χ3v) is 3.84. The fourth-order valence-electron chi connectivity index (χ4n) is 2.43. The summed E-state index contributed by atoms with van der Waals surface area (Å²) in [4.78, 5) is 2.39. The molecule has 0 amide bonds. The average Bonchev–Trinajstić information content (AvgIpc) is 3.24. The number of hydrogen-bond acceptors (Lipinski definition) is 3. The van der Waals surface area contributed by atoms with Gasteiger partial charge in [0.05, 0.1) is 0 Å². The second kappa shape index (κ2) is 8.40. The molecule has 0 saturated heterocycles. The predicted molar refractivity (Wildman–Crippen MR) is 88.7 cm³/mol. The van der Waals surface area contributed by atoms with Crippen LogP contribution in [0.1, 0.15) is 32.3 Å². The molecule has 1 aromatic carbocycles. The molecule has 3 nitrogen and oxygen atoms in total. The maximum Gasteiger partial charge on any atom is 0.123 e. The molecule has 0 aliphatic heterocycles. The summed E-state index contributed by atoms with van der Waals surface area (Å²) < 4.78 is 5.99. The number of nitrogens with zero attached hydrogens (tertiary/aromatic N) is 1. The zero-order valence-corrected chi connectivity index (χ0v) is 13.8. The van der Waals surface area contributed by atoms with Crippen LogP contribution < -0.4 is 10.1 Å². The molecule has 0 heterocycles. The Morgan fingerprint density at radius 3 is 2.76 bits per heavy atom. The quantitative estimate of drug-likeness (QED) is 0.716. The van der Waals surface area contributed by atoms with Crippen molar-refractivity contribution >= 4 is 0 Å². The number of hydrogen-bond donors (Lipinski definition) is 1. The van der Waals surface area contributed by atoms with Crippen LogP contribution in [0.3, 0.4) is 0 Å². The minimum atomic E-state index is 0.675. The van der Waals surface area contributed by atoms with Crippen LogP contribution in [0.2, 0.25) is 0 Å². The smallest absolute Gasteiger partial charge is 0.123 e. The molecule has 3 heteroatoms. The van der Waals surface area contributed by atoms with Crippen LogP contribution in [0.25, 0.3) is 0 Å². The summed E-state index contributed by atoms with van der Waals surface area (Å²) in [5.41, 5.74) is 1.25. The van der Waals surface area contributed by atoms with Gasteiger partial charge in [0, 0.05) is 25.2 Å². The highest BCUT2D eigenvalue weighted by Crippen LogP contribution is 2.29. The van der Waals surface area contributed by atoms with Crippen molar-refractivity contribution < 1.29 is 4.74 Å². The maximum absolute atomic E-state index is 5.99. The SMILES string of the molecule is CC(C)CNCc1ccccc1OCCN(C)CC1CC1. The topological polar surface area (TPSA) is 24.5 Å². The summed E-state index contributed by atoms with van der Waals surface area (Å²) in [6.45, 7) is 9.37. The van der Waals surface area contributed by atoms with Gasteiger partial charge in [-0.1, -0.05) is 32.0 Å². The summed E-state index contributed by atoms with van der Waals surface area (Å²) in [5.74, 6) is 2.64. The fourth-order valence-corrected chi connectivity index (χ4v) is 2.43. The van der Waals surface area contributed by atoms with Gasteiger partial charge >= 0.3 is 0 Å². The van der Waals surface area contributed by atoms with Crippen LogP contribution in [-0.2, 0) is 6.54 Å². The molecule has 0 bridgehead atoms. The first-order valence-corrected chi connectivity index (χ1v) is 8.25. The largest absolute Gasteiger partial charge is 0.492 e. The van der Waals surface area contributed by atoms with E-state index in [0.717, 1.165) is 37.9 Å². The van der Waals surface area contributed by atoms with Gasteiger partial charge in [-0.25, -0.2) is 0 Å². The fraction of sp³-hybridized carbons (Fsp3) is 0.667. The second-order valence-electron chi connectivity index (χ2n) is 6.69. The lowest BCUT2D eigenvalue weighted by molar-refractivity contribution is 0.230. The van der Waals surface area contributed by atoms with Gasteiger partial charge in [0.25, 0.3) is 0 Å². The van der Waals surface area contributed by atoms with Gasteiger partial charge in [-0.2, -0.15) is 0 Å². The monoisotopic (exact) mass is 290 g/mol. The van der Waals surface area contributed by atoms with E-state index in [2.05, 4.69) is 55.4 Å². The van der Waals surface area contributed by atoms with Crippen molar-refractivity contribution in [3.05, 3.63) is 29.8 Å². The van der Waals surface area contributed by atoms with Gasteiger partial charge < -0.3 is 15.0 Å². The number of nitrogens with one attached hydrogen (secondary N) is 1. The van der Waals surface area contributed by atoms with E-state index >= 15 is 0 Å². The molecule has 0 radical (unpaired) electrons. The Morgan fingerprint density at radius 2 is 2.05 bits per heavy atom. The Labute approximate surface area is 129 Å². The molecule has 0 aromatic heterocycles. The average molecular weight is 290 g/mol. The molecule has 21 heavy (non-hydrogen) atoms. The van der Waals surface area contributed by atoms with E-state index < -0.39 is 0 Å². The first kappa shape index (κ1) is 16.3. The first-order valence-electron chi connectivity index (χ1n) is 8.25. The molecule has 1 aromatic rings. The highest BCUT2D eigenvalue weighted by Gasteiger charge is 2.22. The van der Waals surface area contributed by atoms with E-state index in [0.29, 0.717) is 5.92 Å². The lowest BCUT2D eigenvalue weighted by Gasteiger charge is -2.18. The summed E-state index contributed by atoms with van der Waals surface area (Å²) in [5, 5.41) is 3.48. The minimum Gasteiger partial charge on any atom is -0.492 e. The van der Waals surface area contributed by atoms with Gasteiger partial charge in [-0.3, -0.25) is 0 Å². The molecular formula is C18H30N2O. The van der Waals surface area contributed by atoms with Crippen molar-refractivity contribution in [3.8, 4) is 5.75 Å². The molecule has 118 valence electrons. The second-order valence-corrected chi connectivity index (χ2v) is 6.69. The van der Waals surface area contributed by atoms with Crippen LogP contribution in [0.5, 0.6) is 5.75 Å². The first-order chi connectivity index (χ1) is 10.1. The summed E-state index contributed by atoms with van der Waals surface area (Å²) in [6.07, 6.45) is 2.82. The molecule has 0 spiro atoms. The van der Waals surface area contributed by atoms with Crippen LogP contribution in [0.4, 0.5) is 0 Å².